The van der Waals surface area contributed by atoms with Gasteiger partial charge in [-0.05, 0) is 56.3 Å². The summed E-state index contributed by atoms with van der Waals surface area (Å²) in [5.41, 5.74) is 0.149. The topological polar surface area (TPSA) is 38.3 Å². The van der Waals surface area contributed by atoms with Crippen LogP contribution in [0.25, 0.3) is 0 Å². The van der Waals surface area contributed by atoms with Gasteiger partial charge in [0.2, 0.25) is 0 Å². The first-order chi connectivity index (χ1) is 10.4. The molecule has 0 radical (unpaired) electrons. The van der Waals surface area contributed by atoms with Crippen molar-refractivity contribution >= 4 is 11.6 Å². The number of ether oxygens (including phenoxy) is 1. The number of hydrogen-bond donors (Lipinski definition) is 1. The summed E-state index contributed by atoms with van der Waals surface area (Å²) in [4.78, 5) is 12.3. The molecule has 0 aliphatic rings. The van der Waals surface area contributed by atoms with E-state index in [1.807, 2.05) is 0 Å². The predicted molar refractivity (Wildman–Crippen MR) is 84.1 cm³/mol. The van der Waals surface area contributed by atoms with Crippen molar-refractivity contribution in [3.05, 3.63) is 59.9 Å². The molecule has 2 aromatic carbocycles. The second kappa shape index (κ2) is 6.31. The predicted octanol–water partition coefficient (Wildman–Crippen LogP) is 3.60. The van der Waals surface area contributed by atoms with Crippen molar-refractivity contribution in [3.8, 4) is 18.1 Å². The smallest absolute Gasteiger partial charge is 0.267 e. The first-order valence-electron chi connectivity index (χ1n) is 6.73. The minimum atomic E-state index is -1.12. The number of rotatable bonds is 4. The largest absolute Gasteiger partial charge is 0.478 e. The van der Waals surface area contributed by atoms with Gasteiger partial charge >= 0.3 is 0 Å². The molecule has 22 heavy (non-hydrogen) atoms. The highest BCUT2D eigenvalue weighted by atomic mass is 19.1. The van der Waals surface area contributed by atoms with Gasteiger partial charge in [0, 0.05) is 11.3 Å². The lowest BCUT2D eigenvalue weighted by Crippen LogP contribution is -2.42. The number of anilines is 1. The van der Waals surface area contributed by atoms with E-state index in [1.54, 1.807) is 38.1 Å². The third-order valence-electron chi connectivity index (χ3n) is 3.02. The van der Waals surface area contributed by atoms with Crippen LogP contribution in [-0.2, 0) is 4.79 Å². The van der Waals surface area contributed by atoms with Crippen molar-refractivity contribution < 1.29 is 13.9 Å². The third-order valence-corrected chi connectivity index (χ3v) is 3.02. The summed E-state index contributed by atoms with van der Waals surface area (Å²) in [5.74, 6) is 2.23. The van der Waals surface area contributed by atoms with Crippen LogP contribution in [0.1, 0.15) is 19.4 Å². The molecule has 4 heteroatoms. The van der Waals surface area contributed by atoms with Crippen molar-refractivity contribution in [2.45, 2.75) is 19.4 Å². The Labute approximate surface area is 129 Å². The molecule has 0 aliphatic heterocycles. The molecule has 0 aromatic heterocycles. The van der Waals surface area contributed by atoms with Crippen LogP contribution in [0.4, 0.5) is 10.1 Å². The zero-order valence-corrected chi connectivity index (χ0v) is 12.4. The van der Waals surface area contributed by atoms with Crippen molar-refractivity contribution in [1.82, 2.24) is 0 Å². The molecule has 3 nitrogen and oxygen atoms in total. The van der Waals surface area contributed by atoms with Crippen LogP contribution in [0.3, 0.4) is 0 Å². The van der Waals surface area contributed by atoms with Crippen LogP contribution in [0.15, 0.2) is 48.5 Å². The molecular formula is C18H16FNO2. The van der Waals surface area contributed by atoms with Crippen LogP contribution < -0.4 is 10.1 Å². The van der Waals surface area contributed by atoms with Gasteiger partial charge in [0.1, 0.15) is 11.6 Å². The molecule has 0 spiro atoms. The lowest BCUT2D eigenvalue weighted by atomic mass is 10.1. The average molecular weight is 297 g/mol. The van der Waals surface area contributed by atoms with E-state index >= 15 is 0 Å². The molecule has 1 amide bonds. The Balaban J connectivity index is 2.09. The number of benzene rings is 2. The Morgan fingerprint density at radius 2 is 1.91 bits per heavy atom. The van der Waals surface area contributed by atoms with Crippen LogP contribution in [0, 0.1) is 18.2 Å². The monoisotopic (exact) mass is 297 g/mol. The van der Waals surface area contributed by atoms with Gasteiger partial charge in [0.05, 0.1) is 0 Å². The first-order valence-corrected chi connectivity index (χ1v) is 6.73. The molecule has 0 heterocycles. The average Bonchev–Trinajstić information content (AvgIpc) is 2.49. The Morgan fingerprint density at radius 3 is 2.55 bits per heavy atom. The third kappa shape index (κ3) is 3.86. The summed E-state index contributed by atoms with van der Waals surface area (Å²) >= 11 is 0. The van der Waals surface area contributed by atoms with Gasteiger partial charge in [-0.25, -0.2) is 4.39 Å². The minimum absolute atomic E-state index is 0.328. The second-order valence-electron chi connectivity index (χ2n) is 5.25. The zero-order valence-electron chi connectivity index (χ0n) is 12.4. The fourth-order valence-electron chi connectivity index (χ4n) is 1.81. The molecule has 112 valence electrons. The quantitative estimate of drug-likeness (QED) is 0.876. The van der Waals surface area contributed by atoms with Crippen LogP contribution >= 0.6 is 0 Å². The number of nitrogens with one attached hydrogen (secondary N) is 1. The fraction of sp³-hybridized carbons (Fsp3) is 0.167. The number of halogens is 1. The number of carbonyl (C=O) groups is 1. The summed E-state index contributed by atoms with van der Waals surface area (Å²) in [6.07, 6.45) is 5.33. The SMILES string of the molecule is C#Cc1cccc(NC(=O)C(C)(C)Oc2ccc(F)cc2)c1. The van der Waals surface area contributed by atoms with E-state index in [-0.39, 0.29) is 11.7 Å². The normalized spacial score (nSPS) is 10.6. The van der Waals surface area contributed by atoms with Crippen molar-refractivity contribution in [2.75, 3.05) is 5.32 Å². The molecule has 0 saturated carbocycles. The van der Waals surface area contributed by atoms with Crippen molar-refractivity contribution in [3.63, 3.8) is 0 Å². The molecule has 0 aliphatic carbocycles. The van der Waals surface area contributed by atoms with E-state index in [0.717, 1.165) is 0 Å². The number of amides is 1. The zero-order chi connectivity index (χ0) is 16.2. The Morgan fingerprint density at radius 1 is 1.23 bits per heavy atom. The molecule has 0 unspecified atom stereocenters. The standard InChI is InChI=1S/C18H16FNO2/c1-4-13-6-5-7-15(12-13)20-17(21)18(2,3)22-16-10-8-14(19)9-11-16/h1,5-12H,2-3H3,(H,20,21). The van der Waals surface area contributed by atoms with Gasteiger partial charge in [-0.3, -0.25) is 4.79 Å². The Kier molecular flexibility index (Phi) is 4.47. The van der Waals surface area contributed by atoms with Gasteiger partial charge in [0.25, 0.3) is 5.91 Å². The molecule has 0 atom stereocenters. The van der Waals surface area contributed by atoms with Gasteiger partial charge < -0.3 is 10.1 Å². The minimum Gasteiger partial charge on any atom is -0.478 e. The second-order valence-corrected chi connectivity index (χ2v) is 5.25. The van der Waals surface area contributed by atoms with E-state index in [9.17, 15) is 9.18 Å². The number of hydrogen-bond acceptors (Lipinski definition) is 2. The Hall–Kier alpha value is -2.80. The molecular weight excluding hydrogens is 281 g/mol. The van der Waals surface area contributed by atoms with Gasteiger partial charge in [-0.15, -0.1) is 6.42 Å². The van der Waals surface area contributed by atoms with E-state index < -0.39 is 5.60 Å². The van der Waals surface area contributed by atoms with Crippen molar-refractivity contribution in [1.29, 1.82) is 0 Å². The summed E-state index contributed by atoms with van der Waals surface area (Å²) in [6.45, 7) is 3.27. The highest BCUT2D eigenvalue weighted by Gasteiger charge is 2.30. The maximum Gasteiger partial charge on any atom is 0.267 e. The molecule has 0 saturated heterocycles. The summed E-state index contributed by atoms with van der Waals surface area (Å²) < 4.78 is 18.5. The van der Waals surface area contributed by atoms with Gasteiger partial charge in [-0.1, -0.05) is 12.0 Å². The molecule has 2 aromatic rings. The van der Waals surface area contributed by atoms with Crippen molar-refractivity contribution in [2.24, 2.45) is 0 Å². The summed E-state index contributed by atoms with van der Waals surface area (Å²) in [5, 5.41) is 2.75. The molecule has 0 fully saturated rings. The first kappa shape index (κ1) is 15.6. The van der Waals surface area contributed by atoms with Crippen LogP contribution in [-0.4, -0.2) is 11.5 Å². The van der Waals surface area contributed by atoms with Crippen LogP contribution in [0.5, 0.6) is 5.75 Å². The summed E-state index contributed by atoms with van der Waals surface area (Å²) in [7, 11) is 0. The highest BCUT2D eigenvalue weighted by molar-refractivity contribution is 5.97. The molecule has 2 rings (SSSR count). The molecule has 1 N–H and O–H groups in total. The fourth-order valence-corrected chi connectivity index (χ4v) is 1.81. The lowest BCUT2D eigenvalue weighted by Gasteiger charge is -2.25. The van der Waals surface area contributed by atoms with E-state index in [2.05, 4.69) is 11.2 Å². The van der Waals surface area contributed by atoms with E-state index in [1.165, 1.54) is 24.3 Å². The lowest BCUT2D eigenvalue weighted by molar-refractivity contribution is -0.128. The maximum atomic E-state index is 12.9. The highest BCUT2D eigenvalue weighted by Crippen LogP contribution is 2.20. The van der Waals surface area contributed by atoms with E-state index in [4.69, 9.17) is 11.2 Å². The number of terminal acetylenes is 1. The van der Waals surface area contributed by atoms with Gasteiger partial charge in [-0.2, -0.15) is 0 Å². The molecule has 0 bridgehead atoms. The number of carbonyl (C=O) groups excluding carboxylic acids is 1. The van der Waals surface area contributed by atoms with Gasteiger partial charge in [0.15, 0.2) is 5.60 Å². The Bertz CT molecular complexity index is 715. The van der Waals surface area contributed by atoms with Crippen LogP contribution in [0.2, 0.25) is 0 Å². The maximum absolute atomic E-state index is 12.9. The summed E-state index contributed by atoms with van der Waals surface area (Å²) in [6, 6.07) is 12.5. The van der Waals surface area contributed by atoms with E-state index in [0.29, 0.717) is 17.0 Å².